The normalized spacial score (nSPS) is 11.3. The molecule has 0 atom stereocenters. The minimum atomic E-state index is 0.765. The standard InChI is InChI=1S/C16H15BrO2/c1-2-3-8-18-12-5-7-16-14(10-12)13-9-11(17)4-6-15(13)19-16/h4-7,9-10H,2-3,8H2,1H3. The Bertz CT molecular complexity index is 715. The average Bonchev–Trinajstić information content (AvgIpc) is 2.77. The largest absolute Gasteiger partial charge is 0.494 e. The van der Waals surface area contributed by atoms with Crippen molar-refractivity contribution in [3.63, 3.8) is 0 Å². The van der Waals surface area contributed by atoms with E-state index in [1.54, 1.807) is 0 Å². The molecule has 0 saturated carbocycles. The summed E-state index contributed by atoms with van der Waals surface area (Å²) in [4.78, 5) is 0. The maximum atomic E-state index is 5.81. The monoisotopic (exact) mass is 318 g/mol. The first-order valence-corrected chi connectivity index (χ1v) is 7.32. The van der Waals surface area contributed by atoms with Crippen LogP contribution in [0.3, 0.4) is 0 Å². The molecule has 19 heavy (non-hydrogen) atoms. The number of furan rings is 1. The van der Waals surface area contributed by atoms with Crippen LogP contribution in [0.1, 0.15) is 19.8 Å². The lowest BCUT2D eigenvalue weighted by Crippen LogP contribution is -1.95. The Morgan fingerprint density at radius 3 is 2.58 bits per heavy atom. The van der Waals surface area contributed by atoms with Crippen LogP contribution in [0, 0.1) is 0 Å². The van der Waals surface area contributed by atoms with Gasteiger partial charge in [-0.15, -0.1) is 0 Å². The molecule has 98 valence electrons. The maximum Gasteiger partial charge on any atom is 0.135 e. The second kappa shape index (κ2) is 5.25. The second-order valence-electron chi connectivity index (χ2n) is 4.60. The summed E-state index contributed by atoms with van der Waals surface area (Å²) in [6.45, 7) is 2.93. The molecule has 0 bridgehead atoms. The predicted molar refractivity (Wildman–Crippen MR) is 81.8 cm³/mol. The van der Waals surface area contributed by atoms with Crippen LogP contribution in [0.15, 0.2) is 45.3 Å². The van der Waals surface area contributed by atoms with E-state index >= 15 is 0 Å². The molecule has 2 nitrogen and oxygen atoms in total. The summed E-state index contributed by atoms with van der Waals surface area (Å²) in [6, 6.07) is 12.1. The maximum absolute atomic E-state index is 5.81. The van der Waals surface area contributed by atoms with Crippen molar-refractivity contribution in [1.29, 1.82) is 0 Å². The molecule has 0 spiro atoms. The van der Waals surface area contributed by atoms with E-state index in [9.17, 15) is 0 Å². The predicted octanol–water partition coefficient (Wildman–Crippen LogP) is 5.53. The highest BCUT2D eigenvalue weighted by Gasteiger charge is 2.08. The van der Waals surface area contributed by atoms with Crippen LogP contribution in [0.4, 0.5) is 0 Å². The van der Waals surface area contributed by atoms with E-state index in [2.05, 4.69) is 35.0 Å². The topological polar surface area (TPSA) is 22.4 Å². The van der Waals surface area contributed by atoms with Gasteiger partial charge in [0.05, 0.1) is 6.61 Å². The van der Waals surface area contributed by atoms with Crippen molar-refractivity contribution in [2.24, 2.45) is 0 Å². The number of fused-ring (bicyclic) bond motifs is 3. The number of benzene rings is 2. The highest BCUT2D eigenvalue weighted by Crippen LogP contribution is 2.33. The van der Waals surface area contributed by atoms with Gasteiger partial charge in [0.25, 0.3) is 0 Å². The highest BCUT2D eigenvalue weighted by molar-refractivity contribution is 9.10. The van der Waals surface area contributed by atoms with Gasteiger partial charge in [-0.1, -0.05) is 29.3 Å². The number of hydrogen-bond acceptors (Lipinski definition) is 2. The Balaban J connectivity index is 2.05. The van der Waals surface area contributed by atoms with E-state index in [4.69, 9.17) is 9.15 Å². The van der Waals surface area contributed by atoms with Gasteiger partial charge in [0.15, 0.2) is 0 Å². The Hall–Kier alpha value is -1.48. The molecule has 3 heteroatoms. The van der Waals surface area contributed by atoms with Crippen molar-refractivity contribution in [3.8, 4) is 5.75 Å². The summed E-state index contributed by atoms with van der Waals surface area (Å²) in [5, 5.41) is 2.22. The molecule has 0 aliphatic rings. The fourth-order valence-electron chi connectivity index (χ4n) is 2.15. The number of halogens is 1. The van der Waals surface area contributed by atoms with E-state index in [-0.39, 0.29) is 0 Å². The quantitative estimate of drug-likeness (QED) is 0.590. The van der Waals surface area contributed by atoms with E-state index in [0.717, 1.165) is 51.6 Å². The first-order valence-electron chi connectivity index (χ1n) is 6.52. The molecule has 0 radical (unpaired) electrons. The molecule has 1 heterocycles. The number of unbranched alkanes of at least 4 members (excludes halogenated alkanes) is 1. The van der Waals surface area contributed by atoms with Crippen molar-refractivity contribution in [1.82, 2.24) is 0 Å². The van der Waals surface area contributed by atoms with Gasteiger partial charge in [0.2, 0.25) is 0 Å². The van der Waals surface area contributed by atoms with Gasteiger partial charge in [-0.05, 0) is 42.8 Å². The SMILES string of the molecule is CCCCOc1ccc2oc3ccc(Br)cc3c2c1. The van der Waals surface area contributed by atoms with Crippen LogP contribution in [0.2, 0.25) is 0 Å². The molecule has 1 aromatic heterocycles. The number of hydrogen-bond donors (Lipinski definition) is 0. The minimum Gasteiger partial charge on any atom is -0.494 e. The lowest BCUT2D eigenvalue weighted by Gasteiger charge is -2.04. The van der Waals surface area contributed by atoms with Crippen LogP contribution in [-0.4, -0.2) is 6.61 Å². The Morgan fingerprint density at radius 2 is 1.79 bits per heavy atom. The summed E-state index contributed by atoms with van der Waals surface area (Å²) in [5.41, 5.74) is 1.81. The van der Waals surface area contributed by atoms with Crippen molar-refractivity contribution < 1.29 is 9.15 Å². The van der Waals surface area contributed by atoms with Gasteiger partial charge >= 0.3 is 0 Å². The molecule has 2 aromatic carbocycles. The molecule has 0 amide bonds. The van der Waals surface area contributed by atoms with E-state index < -0.39 is 0 Å². The Kier molecular flexibility index (Phi) is 3.47. The van der Waals surface area contributed by atoms with Crippen molar-refractivity contribution in [2.45, 2.75) is 19.8 Å². The van der Waals surface area contributed by atoms with Gasteiger partial charge in [-0.25, -0.2) is 0 Å². The zero-order valence-corrected chi connectivity index (χ0v) is 12.4. The molecular formula is C16H15BrO2. The second-order valence-corrected chi connectivity index (χ2v) is 5.52. The molecule has 3 rings (SSSR count). The van der Waals surface area contributed by atoms with Crippen molar-refractivity contribution >= 4 is 37.9 Å². The molecule has 0 aliphatic heterocycles. The zero-order valence-electron chi connectivity index (χ0n) is 10.8. The number of ether oxygens (including phenoxy) is 1. The summed E-state index contributed by atoms with van der Waals surface area (Å²) in [5.74, 6) is 0.906. The lowest BCUT2D eigenvalue weighted by molar-refractivity contribution is 0.310. The van der Waals surface area contributed by atoms with Crippen LogP contribution < -0.4 is 4.74 Å². The molecule has 0 N–H and O–H groups in total. The van der Waals surface area contributed by atoms with Gasteiger partial charge in [-0.3, -0.25) is 0 Å². The summed E-state index contributed by atoms with van der Waals surface area (Å²) < 4.78 is 12.6. The third kappa shape index (κ3) is 2.47. The molecule has 0 saturated heterocycles. The molecule has 0 aliphatic carbocycles. The highest BCUT2D eigenvalue weighted by atomic mass is 79.9. The Labute approximate surface area is 120 Å². The smallest absolute Gasteiger partial charge is 0.135 e. The average molecular weight is 319 g/mol. The fraction of sp³-hybridized carbons (Fsp3) is 0.250. The van der Waals surface area contributed by atoms with Crippen LogP contribution in [-0.2, 0) is 0 Å². The van der Waals surface area contributed by atoms with Gasteiger partial charge in [-0.2, -0.15) is 0 Å². The van der Waals surface area contributed by atoms with Crippen LogP contribution >= 0.6 is 15.9 Å². The summed E-state index contributed by atoms with van der Waals surface area (Å²) in [6.07, 6.45) is 2.22. The van der Waals surface area contributed by atoms with Crippen molar-refractivity contribution in [2.75, 3.05) is 6.61 Å². The van der Waals surface area contributed by atoms with E-state index in [1.165, 1.54) is 0 Å². The minimum absolute atomic E-state index is 0.765. The fourth-order valence-corrected chi connectivity index (χ4v) is 2.51. The molecular weight excluding hydrogens is 304 g/mol. The molecule has 0 unspecified atom stereocenters. The summed E-state index contributed by atoms with van der Waals surface area (Å²) >= 11 is 3.50. The van der Waals surface area contributed by atoms with E-state index in [0.29, 0.717) is 0 Å². The van der Waals surface area contributed by atoms with Gasteiger partial charge in [0.1, 0.15) is 16.9 Å². The molecule has 0 fully saturated rings. The van der Waals surface area contributed by atoms with Crippen LogP contribution in [0.5, 0.6) is 5.75 Å². The van der Waals surface area contributed by atoms with Crippen molar-refractivity contribution in [3.05, 3.63) is 40.9 Å². The van der Waals surface area contributed by atoms with Gasteiger partial charge < -0.3 is 9.15 Å². The third-order valence-electron chi connectivity index (χ3n) is 3.17. The lowest BCUT2D eigenvalue weighted by atomic mass is 10.1. The Morgan fingerprint density at radius 1 is 1.05 bits per heavy atom. The van der Waals surface area contributed by atoms with Crippen LogP contribution in [0.25, 0.3) is 21.9 Å². The third-order valence-corrected chi connectivity index (χ3v) is 3.66. The van der Waals surface area contributed by atoms with Gasteiger partial charge in [0, 0.05) is 15.2 Å². The zero-order chi connectivity index (χ0) is 13.2. The number of rotatable bonds is 4. The summed E-state index contributed by atoms with van der Waals surface area (Å²) in [7, 11) is 0. The van der Waals surface area contributed by atoms with E-state index in [1.807, 2.05) is 24.3 Å². The first kappa shape index (κ1) is 12.5. The first-order chi connectivity index (χ1) is 9.28. The molecule has 3 aromatic rings.